The van der Waals surface area contributed by atoms with Gasteiger partial charge in [0.25, 0.3) is 0 Å². The Labute approximate surface area is 118 Å². The van der Waals surface area contributed by atoms with Gasteiger partial charge < -0.3 is 0 Å². The van der Waals surface area contributed by atoms with Crippen LogP contribution in [0.3, 0.4) is 0 Å². The van der Waals surface area contributed by atoms with E-state index in [0.29, 0.717) is 16.0 Å². The van der Waals surface area contributed by atoms with Crippen LogP contribution in [0.4, 0.5) is 5.69 Å². The van der Waals surface area contributed by atoms with Crippen molar-refractivity contribution in [2.45, 2.75) is 39.0 Å². The summed E-state index contributed by atoms with van der Waals surface area (Å²) >= 11 is 11.8. The van der Waals surface area contributed by atoms with E-state index < -0.39 is 0 Å². The molecule has 1 aromatic carbocycles. The van der Waals surface area contributed by atoms with Crippen molar-refractivity contribution < 1.29 is 0 Å². The first-order valence-corrected chi connectivity index (χ1v) is 7.17. The predicted molar refractivity (Wildman–Crippen MR) is 79.8 cm³/mol. The molecule has 2 nitrogen and oxygen atoms in total. The van der Waals surface area contributed by atoms with Gasteiger partial charge in [-0.1, -0.05) is 42.5 Å². The van der Waals surface area contributed by atoms with E-state index in [4.69, 9.17) is 23.2 Å². The van der Waals surface area contributed by atoms with E-state index in [1.807, 2.05) is 6.07 Å². The van der Waals surface area contributed by atoms with Gasteiger partial charge >= 0.3 is 0 Å². The summed E-state index contributed by atoms with van der Waals surface area (Å²) in [6, 6.07) is 5.45. The van der Waals surface area contributed by atoms with Crippen molar-refractivity contribution in [3.05, 3.63) is 28.2 Å². The summed E-state index contributed by atoms with van der Waals surface area (Å²) in [6.07, 6.45) is 6.54. The van der Waals surface area contributed by atoms with Crippen LogP contribution in [0.5, 0.6) is 0 Å². The van der Waals surface area contributed by atoms with Crippen molar-refractivity contribution in [3.63, 3.8) is 0 Å². The number of hydrogen-bond donors (Lipinski definition) is 1. The molecule has 0 bridgehead atoms. The summed E-state index contributed by atoms with van der Waals surface area (Å²) in [5.74, 6) is 0.633. The van der Waals surface area contributed by atoms with Gasteiger partial charge in [0.1, 0.15) is 0 Å². The zero-order valence-corrected chi connectivity index (χ0v) is 12.1. The molecule has 0 amide bonds. The Balaban J connectivity index is 1.98. The van der Waals surface area contributed by atoms with E-state index in [-0.39, 0.29) is 0 Å². The molecule has 0 aliphatic heterocycles. The van der Waals surface area contributed by atoms with Crippen LogP contribution in [0.1, 0.15) is 39.0 Å². The van der Waals surface area contributed by atoms with Crippen molar-refractivity contribution >= 4 is 34.6 Å². The summed E-state index contributed by atoms with van der Waals surface area (Å²) in [6.45, 7) is 2.10. The molecule has 4 heteroatoms. The lowest BCUT2D eigenvalue weighted by atomic mass is 9.86. The number of nitrogens with zero attached hydrogens (tertiary/aromatic N) is 1. The molecule has 1 aliphatic carbocycles. The maximum absolute atomic E-state index is 5.96. The number of nitrogens with one attached hydrogen (secondary N) is 1. The highest BCUT2D eigenvalue weighted by Gasteiger charge is 2.15. The van der Waals surface area contributed by atoms with E-state index in [2.05, 4.69) is 17.5 Å². The van der Waals surface area contributed by atoms with Gasteiger partial charge in [-0.3, -0.25) is 5.43 Å². The molecule has 2 rings (SSSR count). The van der Waals surface area contributed by atoms with Crippen LogP contribution in [-0.2, 0) is 0 Å². The molecular formula is C14H18Cl2N2. The monoisotopic (exact) mass is 284 g/mol. The maximum Gasteiger partial charge on any atom is 0.0613 e. The SMILES string of the molecule is C/C(=N/Nc1ccc(Cl)c(Cl)c1)C1CCCCC1. The molecule has 0 unspecified atom stereocenters. The summed E-state index contributed by atoms with van der Waals surface area (Å²) in [5, 5.41) is 5.57. The predicted octanol–water partition coefficient (Wildman–Crippen LogP) is 5.36. The Kier molecular flexibility index (Phi) is 4.90. The molecule has 0 heterocycles. The number of hydrogen-bond acceptors (Lipinski definition) is 2. The van der Waals surface area contributed by atoms with Crippen LogP contribution in [0, 0.1) is 5.92 Å². The number of benzene rings is 1. The molecule has 98 valence electrons. The molecule has 0 atom stereocenters. The number of halogens is 2. The first-order valence-electron chi connectivity index (χ1n) is 6.42. The molecule has 1 N–H and O–H groups in total. The van der Waals surface area contributed by atoms with Crippen LogP contribution in [0.15, 0.2) is 23.3 Å². The average molecular weight is 285 g/mol. The first kappa shape index (κ1) is 13.7. The van der Waals surface area contributed by atoms with Crippen molar-refractivity contribution in [1.82, 2.24) is 0 Å². The van der Waals surface area contributed by atoms with E-state index >= 15 is 0 Å². The minimum Gasteiger partial charge on any atom is -0.279 e. The third-order valence-electron chi connectivity index (χ3n) is 3.48. The Morgan fingerprint density at radius 3 is 2.56 bits per heavy atom. The second kappa shape index (κ2) is 6.44. The Morgan fingerprint density at radius 1 is 1.17 bits per heavy atom. The van der Waals surface area contributed by atoms with Gasteiger partial charge in [0, 0.05) is 5.71 Å². The first-order chi connectivity index (χ1) is 8.66. The minimum absolute atomic E-state index is 0.548. The second-order valence-electron chi connectivity index (χ2n) is 4.83. The smallest absolute Gasteiger partial charge is 0.0613 e. The second-order valence-corrected chi connectivity index (χ2v) is 5.64. The van der Waals surface area contributed by atoms with Crippen molar-refractivity contribution in [1.29, 1.82) is 0 Å². The van der Waals surface area contributed by atoms with E-state index in [0.717, 1.165) is 5.69 Å². The lowest BCUT2D eigenvalue weighted by Gasteiger charge is -2.21. The van der Waals surface area contributed by atoms with Crippen molar-refractivity contribution in [3.8, 4) is 0 Å². The zero-order valence-electron chi connectivity index (χ0n) is 10.5. The van der Waals surface area contributed by atoms with E-state index in [1.165, 1.54) is 37.8 Å². The number of rotatable bonds is 3. The fraction of sp³-hybridized carbons (Fsp3) is 0.500. The Morgan fingerprint density at radius 2 is 1.89 bits per heavy atom. The van der Waals surface area contributed by atoms with Gasteiger partial charge in [-0.15, -0.1) is 0 Å². The highest BCUT2D eigenvalue weighted by Crippen LogP contribution is 2.26. The summed E-state index contributed by atoms with van der Waals surface area (Å²) in [4.78, 5) is 0. The molecule has 0 spiro atoms. The van der Waals surface area contributed by atoms with Crippen LogP contribution < -0.4 is 5.43 Å². The standard InChI is InChI=1S/C14H18Cl2N2/c1-10(11-5-3-2-4-6-11)17-18-12-7-8-13(15)14(16)9-12/h7-9,11,18H,2-6H2,1H3/b17-10-. The fourth-order valence-corrected chi connectivity index (χ4v) is 2.63. The number of anilines is 1. The molecule has 1 saturated carbocycles. The molecule has 1 aromatic rings. The van der Waals surface area contributed by atoms with Gasteiger partial charge in [-0.05, 0) is 43.9 Å². The fourth-order valence-electron chi connectivity index (χ4n) is 2.33. The molecule has 1 aliphatic rings. The zero-order chi connectivity index (χ0) is 13.0. The summed E-state index contributed by atoms with van der Waals surface area (Å²) in [7, 11) is 0. The summed E-state index contributed by atoms with van der Waals surface area (Å²) < 4.78 is 0. The highest BCUT2D eigenvalue weighted by atomic mass is 35.5. The van der Waals surface area contributed by atoms with Crippen LogP contribution in [0.25, 0.3) is 0 Å². The normalized spacial score (nSPS) is 17.8. The molecule has 18 heavy (non-hydrogen) atoms. The topological polar surface area (TPSA) is 24.4 Å². The van der Waals surface area contributed by atoms with Crippen LogP contribution in [0.2, 0.25) is 10.0 Å². The lowest BCUT2D eigenvalue weighted by molar-refractivity contribution is 0.438. The largest absolute Gasteiger partial charge is 0.279 e. The average Bonchev–Trinajstić information content (AvgIpc) is 2.41. The number of hydrazone groups is 1. The lowest BCUT2D eigenvalue weighted by Crippen LogP contribution is -2.16. The van der Waals surface area contributed by atoms with Gasteiger partial charge in [-0.2, -0.15) is 5.10 Å². The van der Waals surface area contributed by atoms with Gasteiger partial charge in [0.05, 0.1) is 15.7 Å². The molecule has 1 fully saturated rings. The Bertz CT molecular complexity index is 437. The molecule has 0 saturated heterocycles. The van der Waals surface area contributed by atoms with Crippen molar-refractivity contribution in [2.24, 2.45) is 11.0 Å². The third kappa shape index (κ3) is 3.63. The maximum atomic E-state index is 5.96. The molecule has 0 aromatic heterocycles. The van der Waals surface area contributed by atoms with Crippen LogP contribution in [-0.4, -0.2) is 5.71 Å². The van der Waals surface area contributed by atoms with Gasteiger partial charge in [0.2, 0.25) is 0 Å². The van der Waals surface area contributed by atoms with Crippen LogP contribution >= 0.6 is 23.2 Å². The van der Waals surface area contributed by atoms with Gasteiger partial charge in [-0.25, -0.2) is 0 Å². The Hall–Kier alpha value is -0.730. The molecule has 0 radical (unpaired) electrons. The highest BCUT2D eigenvalue weighted by molar-refractivity contribution is 6.42. The molecular weight excluding hydrogens is 267 g/mol. The van der Waals surface area contributed by atoms with Gasteiger partial charge in [0.15, 0.2) is 0 Å². The minimum atomic E-state index is 0.548. The van der Waals surface area contributed by atoms with E-state index in [9.17, 15) is 0 Å². The van der Waals surface area contributed by atoms with Crippen molar-refractivity contribution in [2.75, 3.05) is 5.43 Å². The quantitative estimate of drug-likeness (QED) is 0.586. The third-order valence-corrected chi connectivity index (χ3v) is 4.22. The van der Waals surface area contributed by atoms with E-state index in [1.54, 1.807) is 12.1 Å². The summed E-state index contributed by atoms with van der Waals surface area (Å²) in [5.41, 5.74) is 5.11.